The highest BCUT2D eigenvalue weighted by Crippen LogP contribution is 2.28. The van der Waals surface area contributed by atoms with Crippen LogP contribution in [0.5, 0.6) is 0 Å². The average molecular weight is 253 g/mol. The van der Waals surface area contributed by atoms with Crippen LogP contribution in [0.2, 0.25) is 0 Å². The highest BCUT2D eigenvalue weighted by Gasteiger charge is 2.26. The molecule has 1 N–H and O–H groups in total. The maximum Gasteiger partial charge on any atom is 0.185 e. The first-order chi connectivity index (χ1) is 8.20. The van der Waals surface area contributed by atoms with E-state index in [1.165, 1.54) is 30.2 Å². The lowest BCUT2D eigenvalue weighted by atomic mass is 10.2. The number of hydrogen-bond acceptors (Lipinski definition) is 4. The van der Waals surface area contributed by atoms with Gasteiger partial charge in [-0.15, -0.1) is 11.3 Å². The normalized spacial score (nSPS) is 20.5. The predicted molar refractivity (Wildman–Crippen MR) is 75.0 cm³/mol. The molecule has 0 radical (unpaired) electrons. The van der Waals surface area contributed by atoms with E-state index >= 15 is 0 Å². The standard InChI is InChI=1S/C13H23N3S/c1-4-11-9-17-13(15-11)16-7-5-6-12(16)8-14-10(2)3/h9-10,12,14H,4-8H2,1-3H3. The van der Waals surface area contributed by atoms with Gasteiger partial charge in [-0.3, -0.25) is 0 Å². The van der Waals surface area contributed by atoms with Gasteiger partial charge in [0.25, 0.3) is 0 Å². The van der Waals surface area contributed by atoms with Crippen molar-refractivity contribution < 1.29 is 0 Å². The molecule has 4 heteroatoms. The number of aryl methyl sites for hydroxylation is 1. The van der Waals surface area contributed by atoms with E-state index in [4.69, 9.17) is 4.98 Å². The van der Waals surface area contributed by atoms with Crippen LogP contribution in [0.1, 0.15) is 39.3 Å². The molecule has 0 spiro atoms. The minimum Gasteiger partial charge on any atom is -0.344 e. The van der Waals surface area contributed by atoms with E-state index in [0.29, 0.717) is 12.1 Å². The number of rotatable bonds is 5. The van der Waals surface area contributed by atoms with Crippen molar-refractivity contribution in [3.63, 3.8) is 0 Å². The molecule has 1 aliphatic rings. The van der Waals surface area contributed by atoms with E-state index in [1.807, 2.05) is 0 Å². The van der Waals surface area contributed by atoms with Crippen LogP contribution in [0.15, 0.2) is 5.38 Å². The van der Waals surface area contributed by atoms with Gasteiger partial charge in [0.05, 0.1) is 5.69 Å². The summed E-state index contributed by atoms with van der Waals surface area (Å²) in [5.74, 6) is 0. The first kappa shape index (κ1) is 12.8. The summed E-state index contributed by atoms with van der Waals surface area (Å²) in [6.45, 7) is 8.83. The molecule has 96 valence electrons. The van der Waals surface area contributed by atoms with Crippen molar-refractivity contribution in [2.75, 3.05) is 18.0 Å². The molecule has 2 rings (SSSR count). The Bertz CT molecular complexity index is 348. The van der Waals surface area contributed by atoms with Crippen LogP contribution in [0, 0.1) is 0 Å². The molecule has 1 fully saturated rings. The summed E-state index contributed by atoms with van der Waals surface area (Å²) in [6, 6.07) is 1.20. The molecule has 1 atom stereocenters. The Balaban J connectivity index is 1.98. The Kier molecular flexibility index (Phi) is 4.40. The molecule has 1 aromatic rings. The third-order valence-corrected chi connectivity index (χ3v) is 4.21. The zero-order chi connectivity index (χ0) is 12.3. The highest BCUT2D eigenvalue weighted by molar-refractivity contribution is 7.13. The molecule has 1 aliphatic heterocycles. The van der Waals surface area contributed by atoms with Gasteiger partial charge in [0.15, 0.2) is 5.13 Å². The number of thiazole rings is 1. The molecule has 0 aromatic carbocycles. The van der Waals surface area contributed by atoms with Crippen LogP contribution >= 0.6 is 11.3 Å². The Morgan fingerprint density at radius 2 is 2.41 bits per heavy atom. The summed E-state index contributed by atoms with van der Waals surface area (Å²) < 4.78 is 0. The Morgan fingerprint density at radius 3 is 3.06 bits per heavy atom. The molecule has 0 amide bonds. The highest BCUT2D eigenvalue weighted by atomic mass is 32.1. The molecule has 1 aromatic heterocycles. The summed E-state index contributed by atoms with van der Waals surface area (Å²) in [6.07, 6.45) is 3.63. The van der Waals surface area contributed by atoms with E-state index in [0.717, 1.165) is 13.0 Å². The summed E-state index contributed by atoms with van der Waals surface area (Å²) in [5, 5.41) is 6.96. The van der Waals surface area contributed by atoms with Crippen molar-refractivity contribution in [1.29, 1.82) is 0 Å². The van der Waals surface area contributed by atoms with Crippen LogP contribution in [0.3, 0.4) is 0 Å². The zero-order valence-corrected chi connectivity index (χ0v) is 11.9. The van der Waals surface area contributed by atoms with Gasteiger partial charge in [-0.05, 0) is 19.3 Å². The smallest absolute Gasteiger partial charge is 0.185 e. The SMILES string of the molecule is CCc1csc(N2CCCC2CNC(C)C)n1. The Hall–Kier alpha value is -0.610. The quantitative estimate of drug-likeness (QED) is 0.874. The summed E-state index contributed by atoms with van der Waals surface area (Å²) in [4.78, 5) is 7.19. The molecular weight excluding hydrogens is 230 g/mol. The van der Waals surface area contributed by atoms with Crippen molar-refractivity contribution in [2.45, 2.75) is 52.1 Å². The van der Waals surface area contributed by atoms with Gasteiger partial charge in [-0.25, -0.2) is 4.98 Å². The van der Waals surface area contributed by atoms with E-state index in [-0.39, 0.29) is 0 Å². The average Bonchev–Trinajstić information content (AvgIpc) is 2.94. The van der Waals surface area contributed by atoms with E-state index < -0.39 is 0 Å². The lowest BCUT2D eigenvalue weighted by molar-refractivity contribution is 0.523. The van der Waals surface area contributed by atoms with Crippen molar-refractivity contribution in [2.24, 2.45) is 0 Å². The van der Waals surface area contributed by atoms with Crippen molar-refractivity contribution in [3.8, 4) is 0 Å². The molecule has 0 saturated carbocycles. The summed E-state index contributed by atoms with van der Waals surface area (Å²) >= 11 is 1.80. The lowest BCUT2D eigenvalue weighted by Gasteiger charge is -2.25. The second-order valence-electron chi connectivity index (χ2n) is 5.03. The van der Waals surface area contributed by atoms with E-state index in [1.54, 1.807) is 11.3 Å². The van der Waals surface area contributed by atoms with Crippen molar-refractivity contribution >= 4 is 16.5 Å². The predicted octanol–water partition coefficient (Wildman–Crippen LogP) is 2.67. The van der Waals surface area contributed by atoms with Crippen LogP contribution < -0.4 is 10.2 Å². The number of nitrogens with one attached hydrogen (secondary N) is 1. The zero-order valence-electron chi connectivity index (χ0n) is 11.1. The molecule has 2 heterocycles. The number of nitrogens with zero attached hydrogens (tertiary/aromatic N) is 2. The number of anilines is 1. The molecule has 0 bridgehead atoms. The summed E-state index contributed by atoms with van der Waals surface area (Å²) in [7, 11) is 0. The van der Waals surface area contributed by atoms with Gasteiger partial charge in [0.2, 0.25) is 0 Å². The fourth-order valence-electron chi connectivity index (χ4n) is 2.26. The third kappa shape index (κ3) is 3.19. The topological polar surface area (TPSA) is 28.2 Å². The fourth-order valence-corrected chi connectivity index (χ4v) is 3.27. The number of hydrogen-bond donors (Lipinski definition) is 1. The fraction of sp³-hybridized carbons (Fsp3) is 0.769. The van der Waals surface area contributed by atoms with Crippen LogP contribution in [0.4, 0.5) is 5.13 Å². The minimum atomic E-state index is 0.569. The monoisotopic (exact) mass is 253 g/mol. The Morgan fingerprint density at radius 1 is 1.59 bits per heavy atom. The van der Waals surface area contributed by atoms with Gasteiger partial charge in [0.1, 0.15) is 0 Å². The maximum absolute atomic E-state index is 4.70. The Labute approximate surface area is 108 Å². The molecule has 3 nitrogen and oxygen atoms in total. The van der Waals surface area contributed by atoms with Gasteiger partial charge in [-0.2, -0.15) is 0 Å². The van der Waals surface area contributed by atoms with Gasteiger partial charge in [-0.1, -0.05) is 20.8 Å². The first-order valence-corrected chi connectivity index (χ1v) is 7.53. The molecular formula is C13H23N3S. The van der Waals surface area contributed by atoms with Crippen LogP contribution in [-0.2, 0) is 6.42 Å². The number of aromatic nitrogens is 1. The van der Waals surface area contributed by atoms with Crippen molar-refractivity contribution in [1.82, 2.24) is 10.3 Å². The first-order valence-electron chi connectivity index (χ1n) is 6.65. The minimum absolute atomic E-state index is 0.569. The second-order valence-corrected chi connectivity index (χ2v) is 5.86. The van der Waals surface area contributed by atoms with E-state index in [2.05, 4.69) is 36.4 Å². The second kappa shape index (κ2) is 5.83. The lowest BCUT2D eigenvalue weighted by Crippen LogP contribution is -2.40. The molecule has 17 heavy (non-hydrogen) atoms. The molecule has 1 unspecified atom stereocenters. The van der Waals surface area contributed by atoms with Gasteiger partial charge in [0, 0.05) is 30.6 Å². The maximum atomic E-state index is 4.70. The largest absolute Gasteiger partial charge is 0.344 e. The third-order valence-electron chi connectivity index (χ3n) is 3.29. The summed E-state index contributed by atoms with van der Waals surface area (Å²) in [5.41, 5.74) is 1.23. The van der Waals surface area contributed by atoms with Crippen LogP contribution in [0.25, 0.3) is 0 Å². The van der Waals surface area contributed by atoms with Gasteiger partial charge >= 0.3 is 0 Å². The van der Waals surface area contributed by atoms with E-state index in [9.17, 15) is 0 Å². The molecule has 1 saturated heterocycles. The van der Waals surface area contributed by atoms with Crippen LogP contribution in [-0.4, -0.2) is 30.2 Å². The van der Waals surface area contributed by atoms with Gasteiger partial charge < -0.3 is 10.2 Å². The molecule has 0 aliphatic carbocycles. The van der Waals surface area contributed by atoms with Crippen molar-refractivity contribution in [3.05, 3.63) is 11.1 Å².